The van der Waals surface area contributed by atoms with Crippen molar-refractivity contribution in [2.75, 3.05) is 13.1 Å². The van der Waals surface area contributed by atoms with Crippen LogP contribution in [0.3, 0.4) is 0 Å². The summed E-state index contributed by atoms with van der Waals surface area (Å²) in [5.41, 5.74) is 0.507. The lowest BCUT2D eigenvalue weighted by Crippen LogP contribution is -2.27. The third-order valence-electron chi connectivity index (χ3n) is 2.81. The summed E-state index contributed by atoms with van der Waals surface area (Å²) in [5.74, 6) is -0.380. The van der Waals surface area contributed by atoms with Crippen molar-refractivity contribution in [3.8, 4) is 0 Å². The van der Waals surface area contributed by atoms with Gasteiger partial charge in [0.05, 0.1) is 18.5 Å². The van der Waals surface area contributed by atoms with Gasteiger partial charge in [-0.05, 0) is 12.1 Å². The molecule has 0 bridgehead atoms. The average molecular weight is 245 g/mol. The molecule has 1 aliphatic heterocycles. The fourth-order valence-corrected chi connectivity index (χ4v) is 1.94. The van der Waals surface area contributed by atoms with Gasteiger partial charge < -0.3 is 9.64 Å². The molecule has 2 rings (SSSR count). The lowest BCUT2D eigenvalue weighted by Gasteiger charge is -2.14. The summed E-state index contributed by atoms with van der Waals surface area (Å²) in [5, 5.41) is 0. The van der Waals surface area contributed by atoms with E-state index in [9.17, 15) is 9.59 Å². The summed E-state index contributed by atoms with van der Waals surface area (Å²) in [7, 11) is 0. The highest BCUT2D eigenvalue weighted by molar-refractivity contribution is 5.90. The lowest BCUT2D eigenvalue weighted by atomic mass is 10.2. The minimum Gasteiger partial charge on any atom is -0.456 e. The highest BCUT2D eigenvalue weighted by Gasteiger charge is 2.31. The Kier molecular flexibility index (Phi) is 3.77. The van der Waals surface area contributed by atoms with Crippen molar-refractivity contribution in [2.45, 2.75) is 12.5 Å². The average Bonchev–Trinajstić information content (AvgIpc) is 2.71. The Bertz CT molecular complexity index is 455. The molecule has 1 fully saturated rings. The van der Waals surface area contributed by atoms with Crippen molar-refractivity contribution in [2.24, 2.45) is 0 Å². The van der Waals surface area contributed by atoms with Gasteiger partial charge in [0.25, 0.3) is 0 Å². The van der Waals surface area contributed by atoms with Crippen LogP contribution in [0, 0.1) is 0 Å². The predicted octanol–water partition coefficient (Wildman–Crippen LogP) is 1.63. The maximum absolute atomic E-state index is 11.8. The lowest BCUT2D eigenvalue weighted by molar-refractivity contribution is -0.127. The Morgan fingerprint density at radius 3 is 2.83 bits per heavy atom. The van der Waals surface area contributed by atoms with Crippen LogP contribution in [-0.4, -0.2) is 36.0 Å². The first kappa shape index (κ1) is 12.4. The summed E-state index contributed by atoms with van der Waals surface area (Å²) in [6.07, 6.45) is 1.57. The number of nitrogens with zero attached hydrogens (tertiary/aromatic N) is 1. The fraction of sp³-hybridized carbons (Fsp3) is 0.286. The maximum atomic E-state index is 11.8. The number of ether oxygens (including phenoxy) is 1. The van der Waals surface area contributed by atoms with E-state index < -0.39 is 0 Å². The summed E-state index contributed by atoms with van der Waals surface area (Å²) in [6, 6.07) is 8.78. The van der Waals surface area contributed by atoms with Gasteiger partial charge in [0.15, 0.2) is 0 Å². The number of benzene rings is 1. The van der Waals surface area contributed by atoms with Crippen LogP contribution in [-0.2, 0) is 9.53 Å². The molecule has 0 spiro atoms. The number of hydrogen-bond acceptors (Lipinski definition) is 3. The summed E-state index contributed by atoms with van der Waals surface area (Å²) in [6.45, 7) is 4.54. The van der Waals surface area contributed by atoms with E-state index in [0.29, 0.717) is 18.7 Å². The van der Waals surface area contributed by atoms with Gasteiger partial charge in [0.2, 0.25) is 5.91 Å². The molecule has 0 saturated carbocycles. The van der Waals surface area contributed by atoms with E-state index in [2.05, 4.69) is 6.58 Å². The number of esters is 1. The van der Waals surface area contributed by atoms with E-state index in [1.165, 1.54) is 0 Å². The van der Waals surface area contributed by atoms with E-state index in [1.807, 2.05) is 6.07 Å². The smallest absolute Gasteiger partial charge is 0.338 e. The quantitative estimate of drug-likeness (QED) is 0.598. The Morgan fingerprint density at radius 2 is 2.17 bits per heavy atom. The Labute approximate surface area is 106 Å². The number of amides is 1. The Balaban J connectivity index is 1.94. The molecule has 4 heteroatoms. The number of hydrogen-bond donors (Lipinski definition) is 0. The third-order valence-corrected chi connectivity index (χ3v) is 2.81. The summed E-state index contributed by atoms with van der Waals surface area (Å²) < 4.78 is 5.31. The third kappa shape index (κ3) is 2.77. The molecule has 1 aliphatic rings. The Morgan fingerprint density at radius 1 is 1.44 bits per heavy atom. The first-order valence-corrected chi connectivity index (χ1v) is 5.85. The van der Waals surface area contributed by atoms with Crippen LogP contribution in [0.25, 0.3) is 0 Å². The Hall–Kier alpha value is -2.10. The second-order valence-electron chi connectivity index (χ2n) is 4.18. The predicted molar refractivity (Wildman–Crippen MR) is 67.0 cm³/mol. The molecule has 1 unspecified atom stereocenters. The largest absolute Gasteiger partial charge is 0.456 e. The van der Waals surface area contributed by atoms with Gasteiger partial charge in [-0.25, -0.2) is 4.79 Å². The van der Waals surface area contributed by atoms with Crippen molar-refractivity contribution >= 4 is 11.9 Å². The normalized spacial score (nSPS) is 18.8. The van der Waals surface area contributed by atoms with Crippen LogP contribution >= 0.6 is 0 Å². The molecule has 18 heavy (non-hydrogen) atoms. The molecular formula is C14H15NO3. The van der Waals surface area contributed by atoms with Crippen LogP contribution < -0.4 is 0 Å². The zero-order chi connectivity index (χ0) is 13.0. The van der Waals surface area contributed by atoms with Crippen molar-refractivity contribution < 1.29 is 14.3 Å². The van der Waals surface area contributed by atoms with Crippen LogP contribution in [0.2, 0.25) is 0 Å². The van der Waals surface area contributed by atoms with Crippen LogP contribution in [0.1, 0.15) is 16.8 Å². The molecule has 0 N–H and O–H groups in total. The molecule has 0 aliphatic carbocycles. The molecule has 1 atom stereocenters. The van der Waals surface area contributed by atoms with Gasteiger partial charge in [-0.1, -0.05) is 24.3 Å². The zero-order valence-electron chi connectivity index (χ0n) is 10.0. The SMILES string of the molecule is C=CCN1CC(OC(=O)c2ccccc2)CC1=O. The van der Waals surface area contributed by atoms with Gasteiger partial charge >= 0.3 is 5.97 Å². The van der Waals surface area contributed by atoms with Crippen molar-refractivity contribution in [3.63, 3.8) is 0 Å². The molecule has 1 saturated heterocycles. The molecule has 1 heterocycles. The highest BCUT2D eigenvalue weighted by Crippen LogP contribution is 2.16. The number of carbonyl (C=O) groups excluding carboxylic acids is 2. The topological polar surface area (TPSA) is 46.6 Å². The number of rotatable bonds is 4. The molecule has 1 aromatic carbocycles. The maximum Gasteiger partial charge on any atom is 0.338 e. The first-order valence-electron chi connectivity index (χ1n) is 5.85. The molecular weight excluding hydrogens is 230 g/mol. The monoisotopic (exact) mass is 245 g/mol. The standard InChI is InChI=1S/C14H15NO3/c1-2-8-15-10-12(9-13(15)16)18-14(17)11-6-4-3-5-7-11/h2-7,12H,1,8-10H2. The summed E-state index contributed by atoms with van der Waals surface area (Å²) in [4.78, 5) is 25.0. The van der Waals surface area contributed by atoms with Crippen molar-refractivity contribution in [1.29, 1.82) is 0 Å². The molecule has 1 aromatic rings. The number of likely N-dealkylation sites (tertiary alicyclic amines) is 1. The molecule has 0 radical (unpaired) electrons. The first-order chi connectivity index (χ1) is 8.70. The van der Waals surface area contributed by atoms with Crippen LogP contribution in [0.15, 0.2) is 43.0 Å². The van der Waals surface area contributed by atoms with Crippen molar-refractivity contribution in [1.82, 2.24) is 4.90 Å². The van der Waals surface area contributed by atoms with E-state index in [1.54, 1.807) is 35.2 Å². The zero-order valence-corrected chi connectivity index (χ0v) is 10.0. The molecule has 1 amide bonds. The van der Waals surface area contributed by atoms with E-state index in [-0.39, 0.29) is 24.4 Å². The minimum absolute atomic E-state index is 0.000705. The highest BCUT2D eigenvalue weighted by atomic mass is 16.5. The van der Waals surface area contributed by atoms with Gasteiger partial charge in [0.1, 0.15) is 6.10 Å². The molecule has 94 valence electrons. The molecule has 4 nitrogen and oxygen atoms in total. The van der Waals surface area contributed by atoms with Crippen LogP contribution in [0.4, 0.5) is 0 Å². The van der Waals surface area contributed by atoms with Gasteiger partial charge in [-0.3, -0.25) is 4.79 Å². The second kappa shape index (κ2) is 5.49. The van der Waals surface area contributed by atoms with E-state index >= 15 is 0 Å². The number of carbonyl (C=O) groups is 2. The van der Waals surface area contributed by atoms with Crippen molar-refractivity contribution in [3.05, 3.63) is 48.6 Å². The van der Waals surface area contributed by atoms with Gasteiger partial charge in [-0.15, -0.1) is 6.58 Å². The van der Waals surface area contributed by atoms with E-state index in [4.69, 9.17) is 4.74 Å². The fourth-order valence-electron chi connectivity index (χ4n) is 1.94. The minimum atomic E-state index is -0.381. The molecule has 0 aromatic heterocycles. The van der Waals surface area contributed by atoms with E-state index in [0.717, 1.165) is 0 Å². The second-order valence-corrected chi connectivity index (χ2v) is 4.18. The van der Waals surface area contributed by atoms with Gasteiger partial charge in [0, 0.05) is 6.54 Å². The van der Waals surface area contributed by atoms with Crippen LogP contribution in [0.5, 0.6) is 0 Å². The van der Waals surface area contributed by atoms with Gasteiger partial charge in [-0.2, -0.15) is 0 Å². The summed E-state index contributed by atoms with van der Waals surface area (Å²) >= 11 is 0.